The molecule has 1 saturated heterocycles. The number of amides is 3. The van der Waals surface area contributed by atoms with Gasteiger partial charge in [-0.1, -0.05) is 0 Å². The molecule has 3 amide bonds. The van der Waals surface area contributed by atoms with Crippen LogP contribution in [0.3, 0.4) is 0 Å². The minimum absolute atomic E-state index is 0.0971. The van der Waals surface area contributed by atoms with Gasteiger partial charge in [0.05, 0.1) is 18.2 Å². The lowest BCUT2D eigenvalue weighted by Gasteiger charge is -2.33. The van der Waals surface area contributed by atoms with E-state index in [0.29, 0.717) is 43.8 Å². The lowest BCUT2D eigenvalue weighted by atomic mass is 9.90. The Morgan fingerprint density at radius 3 is 2.32 bits per heavy atom. The highest BCUT2D eigenvalue weighted by Crippen LogP contribution is 2.21. The highest BCUT2D eigenvalue weighted by Gasteiger charge is 2.37. The fraction of sp³-hybridized carbons (Fsp3) is 0.500. The predicted octanol–water partition coefficient (Wildman–Crippen LogP) is 2.26. The van der Waals surface area contributed by atoms with Gasteiger partial charge >= 0.3 is 6.09 Å². The number of nitrogens with zero attached hydrogens (tertiary/aromatic N) is 2. The van der Waals surface area contributed by atoms with Crippen molar-refractivity contribution in [2.24, 2.45) is 5.41 Å². The van der Waals surface area contributed by atoms with E-state index in [1.165, 1.54) is 0 Å². The topological polar surface area (TPSA) is 112 Å². The van der Waals surface area contributed by atoms with E-state index in [-0.39, 0.29) is 18.0 Å². The van der Waals surface area contributed by atoms with Crippen LogP contribution in [0, 0.1) is 16.7 Å². The molecule has 1 aromatic rings. The van der Waals surface area contributed by atoms with Crippen molar-refractivity contribution in [2.45, 2.75) is 39.7 Å². The number of rotatable bonds is 5. The average molecular weight is 386 g/mol. The minimum Gasteiger partial charge on any atom is -0.450 e. The molecule has 1 aliphatic heterocycles. The van der Waals surface area contributed by atoms with Crippen molar-refractivity contribution in [1.29, 1.82) is 5.26 Å². The predicted molar refractivity (Wildman–Crippen MR) is 103 cm³/mol. The van der Waals surface area contributed by atoms with Gasteiger partial charge in [-0.3, -0.25) is 9.59 Å². The van der Waals surface area contributed by atoms with Crippen LogP contribution in [-0.2, 0) is 14.3 Å². The normalized spacial score (nSPS) is 14.7. The molecule has 2 N–H and O–H groups in total. The second-order valence-electron chi connectivity index (χ2n) is 7.20. The number of benzene rings is 1. The van der Waals surface area contributed by atoms with E-state index in [1.54, 1.807) is 49.9 Å². The number of nitrogens with one attached hydrogen (secondary N) is 2. The summed E-state index contributed by atoms with van der Waals surface area (Å²) in [6, 6.07) is 8.35. The van der Waals surface area contributed by atoms with Gasteiger partial charge < -0.3 is 20.3 Å². The molecule has 0 radical (unpaired) electrons. The molecule has 1 fully saturated rings. The van der Waals surface area contributed by atoms with Crippen LogP contribution in [0.1, 0.15) is 39.2 Å². The van der Waals surface area contributed by atoms with Crippen molar-refractivity contribution in [3.8, 4) is 6.07 Å². The monoisotopic (exact) mass is 386 g/mol. The van der Waals surface area contributed by atoms with Gasteiger partial charge in [0.1, 0.15) is 5.41 Å². The summed E-state index contributed by atoms with van der Waals surface area (Å²) in [7, 11) is 0. The van der Waals surface area contributed by atoms with Gasteiger partial charge in [0.25, 0.3) is 0 Å². The molecule has 0 unspecified atom stereocenters. The number of carbonyl (C=O) groups is 3. The van der Waals surface area contributed by atoms with Crippen molar-refractivity contribution in [3.05, 3.63) is 29.8 Å². The molecule has 8 heteroatoms. The first-order valence-corrected chi connectivity index (χ1v) is 9.32. The molecule has 0 saturated carbocycles. The Kier molecular flexibility index (Phi) is 6.99. The fourth-order valence-electron chi connectivity index (χ4n) is 2.81. The van der Waals surface area contributed by atoms with Gasteiger partial charge in [-0.25, -0.2) is 4.79 Å². The molecular formula is C20H26N4O4. The van der Waals surface area contributed by atoms with Crippen LogP contribution in [0.25, 0.3) is 0 Å². The van der Waals surface area contributed by atoms with E-state index in [0.717, 1.165) is 0 Å². The van der Waals surface area contributed by atoms with E-state index < -0.39 is 11.3 Å². The number of ether oxygens (including phenoxy) is 1. The smallest absolute Gasteiger partial charge is 0.409 e. The summed E-state index contributed by atoms with van der Waals surface area (Å²) in [5, 5.41) is 14.4. The molecule has 1 aromatic carbocycles. The summed E-state index contributed by atoms with van der Waals surface area (Å²) in [5.41, 5.74) is -0.261. The zero-order chi connectivity index (χ0) is 20.7. The maximum Gasteiger partial charge on any atom is 0.409 e. The van der Waals surface area contributed by atoms with Gasteiger partial charge in [0.15, 0.2) is 0 Å². The van der Waals surface area contributed by atoms with Crippen molar-refractivity contribution >= 4 is 23.6 Å². The van der Waals surface area contributed by atoms with Crippen LogP contribution in [-0.4, -0.2) is 48.5 Å². The Hall–Kier alpha value is -3.08. The summed E-state index contributed by atoms with van der Waals surface area (Å²) >= 11 is 0. The number of likely N-dealkylation sites (tertiary alicyclic amines) is 1. The van der Waals surface area contributed by atoms with Gasteiger partial charge in [0, 0.05) is 24.8 Å². The maximum atomic E-state index is 12.7. The number of nitriles is 1. The Balaban J connectivity index is 1.88. The number of carbonyl (C=O) groups excluding carboxylic acids is 3. The van der Waals surface area contributed by atoms with E-state index in [1.807, 2.05) is 6.07 Å². The van der Waals surface area contributed by atoms with Crippen LogP contribution in [0.5, 0.6) is 0 Å². The molecule has 2 rings (SSSR count). The molecule has 150 valence electrons. The molecule has 0 bridgehead atoms. The van der Waals surface area contributed by atoms with Gasteiger partial charge in [-0.2, -0.15) is 5.26 Å². The largest absolute Gasteiger partial charge is 0.450 e. The van der Waals surface area contributed by atoms with Crippen molar-refractivity contribution < 1.29 is 19.1 Å². The number of piperidine rings is 1. The Bertz CT molecular complexity index is 759. The molecule has 1 aliphatic rings. The second kappa shape index (κ2) is 9.22. The van der Waals surface area contributed by atoms with E-state index in [4.69, 9.17) is 10.00 Å². The first-order valence-electron chi connectivity index (χ1n) is 9.32. The standard InChI is InChI=1S/C20H26N4O4/c1-4-28-19(27)24-11-9-16(10-12-24)23-18(26)20(2,3)17(25)22-15-7-5-14(13-21)6-8-15/h5-8,16H,4,9-12H2,1-3H3,(H,22,25)(H,23,26). The van der Waals surface area contributed by atoms with Crippen molar-refractivity contribution in [1.82, 2.24) is 10.2 Å². The van der Waals surface area contributed by atoms with Crippen LogP contribution in [0.15, 0.2) is 24.3 Å². The molecule has 0 atom stereocenters. The zero-order valence-corrected chi connectivity index (χ0v) is 16.4. The first kappa shape index (κ1) is 21.2. The molecule has 28 heavy (non-hydrogen) atoms. The Labute approximate surface area is 164 Å². The summed E-state index contributed by atoms with van der Waals surface area (Å²) in [6.45, 7) is 6.22. The average Bonchev–Trinajstić information content (AvgIpc) is 2.69. The van der Waals surface area contributed by atoms with Gasteiger partial charge in [-0.15, -0.1) is 0 Å². The molecular weight excluding hydrogens is 360 g/mol. The van der Waals surface area contributed by atoms with Gasteiger partial charge in [0.2, 0.25) is 11.8 Å². The van der Waals surface area contributed by atoms with E-state index in [2.05, 4.69) is 10.6 Å². The lowest BCUT2D eigenvalue weighted by Crippen LogP contribution is -2.52. The second-order valence-corrected chi connectivity index (χ2v) is 7.20. The lowest BCUT2D eigenvalue weighted by molar-refractivity contribution is -0.139. The van der Waals surface area contributed by atoms with Crippen molar-refractivity contribution in [2.75, 3.05) is 25.0 Å². The Morgan fingerprint density at radius 1 is 1.18 bits per heavy atom. The highest BCUT2D eigenvalue weighted by atomic mass is 16.6. The number of anilines is 1. The van der Waals surface area contributed by atoms with Crippen LogP contribution in [0.2, 0.25) is 0 Å². The maximum absolute atomic E-state index is 12.7. The third-order valence-corrected chi connectivity index (χ3v) is 4.76. The summed E-state index contributed by atoms with van der Waals surface area (Å²) in [6.07, 6.45) is 0.879. The van der Waals surface area contributed by atoms with Crippen LogP contribution >= 0.6 is 0 Å². The molecule has 1 heterocycles. The molecule has 0 aromatic heterocycles. The summed E-state index contributed by atoms with van der Waals surface area (Å²) < 4.78 is 4.98. The SMILES string of the molecule is CCOC(=O)N1CCC(NC(=O)C(C)(C)C(=O)Nc2ccc(C#N)cc2)CC1. The number of hydrogen-bond acceptors (Lipinski definition) is 5. The van der Waals surface area contributed by atoms with Crippen molar-refractivity contribution in [3.63, 3.8) is 0 Å². The summed E-state index contributed by atoms with van der Waals surface area (Å²) in [5.74, 6) is -0.799. The minimum atomic E-state index is -1.27. The molecule has 8 nitrogen and oxygen atoms in total. The third kappa shape index (κ3) is 5.22. The fourth-order valence-corrected chi connectivity index (χ4v) is 2.81. The molecule has 0 spiro atoms. The van der Waals surface area contributed by atoms with E-state index in [9.17, 15) is 14.4 Å². The molecule has 0 aliphatic carbocycles. The van der Waals surface area contributed by atoms with Gasteiger partial charge in [-0.05, 0) is 57.9 Å². The summed E-state index contributed by atoms with van der Waals surface area (Å²) in [4.78, 5) is 38.6. The Morgan fingerprint density at radius 2 is 1.79 bits per heavy atom. The first-order chi connectivity index (χ1) is 13.3. The van der Waals surface area contributed by atoms with Crippen LogP contribution in [0.4, 0.5) is 10.5 Å². The third-order valence-electron chi connectivity index (χ3n) is 4.76. The quantitative estimate of drug-likeness (QED) is 0.754. The van der Waals surface area contributed by atoms with Crippen LogP contribution < -0.4 is 10.6 Å². The number of hydrogen-bond donors (Lipinski definition) is 2. The van der Waals surface area contributed by atoms with E-state index >= 15 is 0 Å². The highest BCUT2D eigenvalue weighted by molar-refractivity contribution is 6.09. The zero-order valence-electron chi connectivity index (χ0n) is 16.4.